The Kier molecular flexibility index (Phi) is 5.37. The van der Waals surface area contributed by atoms with Gasteiger partial charge in [-0.3, -0.25) is 9.59 Å². The zero-order chi connectivity index (χ0) is 21.5. The van der Waals surface area contributed by atoms with Gasteiger partial charge in [0.2, 0.25) is 5.91 Å². The topological polar surface area (TPSA) is 62.3 Å². The van der Waals surface area contributed by atoms with E-state index >= 15 is 0 Å². The maximum Gasteiger partial charge on any atom is 0.256 e. The summed E-state index contributed by atoms with van der Waals surface area (Å²) in [4.78, 5) is 32.7. The third kappa shape index (κ3) is 3.91. The number of hydrogen-bond donors (Lipinski definition) is 1. The molecule has 156 valence electrons. The maximum absolute atomic E-state index is 13.0. The van der Waals surface area contributed by atoms with Gasteiger partial charge < -0.3 is 10.2 Å². The van der Waals surface area contributed by atoms with Gasteiger partial charge >= 0.3 is 0 Å². The Morgan fingerprint density at radius 1 is 1.13 bits per heavy atom. The van der Waals surface area contributed by atoms with Crippen LogP contribution in [0, 0.1) is 0 Å². The number of carbonyl (C=O) groups is 2. The smallest absolute Gasteiger partial charge is 0.256 e. The van der Waals surface area contributed by atoms with Gasteiger partial charge in [0.15, 0.2) is 0 Å². The normalized spacial score (nSPS) is 13.3. The van der Waals surface area contributed by atoms with Gasteiger partial charge in [-0.25, -0.2) is 4.98 Å². The van der Waals surface area contributed by atoms with Crippen LogP contribution >= 0.6 is 38.6 Å². The van der Waals surface area contributed by atoms with E-state index in [4.69, 9.17) is 4.98 Å². The summed E-state index contributed by atoms with van der Waals surface area (Å²) in [7, 11) is 0. The number of hydrogen-bond acceptors (Lipinski definition) is 5. The fourth-order valence-corrected chi connectivity index (χ4v) is 6.54. The Morgan fingerprint density at radius 3 is 2.74 bits per heavy atom. The molecule has 0 radical (unpaired) electrons. The number of halogens is 1. The first-order valence-electron chi connectivity index (χ1n) is 9.82. The molecule has 0 aliphatic carbocycles. The van der Waals surface area contributed by atoms with E-state index in [1.165, 1.54) is 5.56 Å². The first-order chi connectivity index (χ1) is 15.0. The van der Waals surface area contributed by atoms with Crippen molar-refractivity contribution in [3.05, 3.63) is 69.0 Å². The summed E-state index contributed by atoms with van der Waals surface area (Å²) in [6.07, 6.45) is 0.753. The second kappa shape index (κ2) is 8.18. The van der Waals surface area contributed by atoms with Crippen LogP contribution in [0.3, 0.4) is 0 Å². The van der Waals surface area contributed by atoms with E-state index < -0.39 is 0 Å². The maximum atomic E-state index is 13.0. The molecule has 2 aromatic carbocycles. The summed E-state index contributed by atoms with van der Waals surface area (Å²) in [6, 6.07) is 15.4. The third-order valence-electron chi connectivity index (χ3n) is 5.32. The van der Waals surface area contributed by atoms with Crippen LogP contribution < -0.4 is 5.32 Å². The number of carbonyl (C=O) groups excluding carboxylic acids is 2. The lowest BCUT2D eigenvalue weighted by molar-refractivity contribution is -0.129. The average Bonchev–Trinajstić information content (AvgIpc) is 3.33. The summed E-state index contributed by atoms with van der Waals surface area (Å²) >= 11 is 6.60. The SMILES string of the molecule is CC(=O)N1CCc2c(sc(NC(=O)c3cccc(Br)c3)c2-c2nc3ccccc3s2)C1. The van der Waals surface area contributed by atoms with Crippen LogP contribution in [0.25, 0.3) is 20.8 Å². The highest BCUT2D eigenvalue weighted by atomic mass is 79.9. The van der Waals surface area contributed by atoms with E-state index in [1.54, 1.807) is 41.7 Å². The average molecular weight is 512 g/mol. The number of benzene rings is 2. The molecule has 0 atom stereocenters. The molecule has 0 bridgehead atoms. The number of anilines is 1. The van der Waals surface area contributed by atoms with Crippen LogP contribution in [0.5, 0.6) is 0 Å². The minimum absolute atomic E-state index is 0.0697. The molecule has 0 spiro atoms. The first kappa shape index (κ1) is 20.4. The Balaban J connectivity index is 1.59. The summed E-state index contributed by atoms with van der Waals surface area (Å²) in [5.74, 6) is -0.0917. The van der Waals surface area contributed by atoms with Crippen LogP contribution in [-0.2, 0) is 17.8 Å². The standard InChI is InChI=1S/C23H18BrN3O2S2/c1-13(28)27-10-9-16-19(12-27)31-23(26-21(29)14-5-4-6-15(24)11-14)20(16)22-25-17-7-2-3-8-18(17)30-22/h2-8,11H,9-10,12H2,1H3,(H,26,29). The monoisotopic (exact) mass is 511 g/mol. The molecule has 1 aliphatic heterocycles. The molecule has 1 N–H and O–H groups in total. The largest absolute Gasteiger partial charge is 0.337 e. The van der Waals surface area contributed by atoms with Crippen LogP contribution in [-0.4, -0.2) is 28.2 Å². The predicted molar refractivity (Wildman–Crippen MR) is 130 cm³/mol. The lowest BCUT2D eigenvalue weighted by Crippen LogP contribution is -2.33. The van der Waals surface area contributed by atoms with Gasteiger partial charge in [-0.2, -0.15) is 0 Å². The fourth-order valence-electron chi connectivity index (χ4n) is 3.77. The predicted octanol–water partition coefficient (Wildman–Crippen LogP) is 5.94. The van der Waals surface area contributed by atoms with Gasteiger partial charge in [-0.05, 0) is 42.3 Å². The number of para-hydroxylation sites is 1. The molecule has 3 heterocycles. The molecule has 31 heavy (non-hydrogen) atoms. The molecule has 0 saturated heterocycles. The van der Waals surface area contributed by atoms with Gasteiger partial charge in [0.05, 0.1) is 16.8 Å². The van der Waals surface area contributed by atoms with Crippen molar-refractivity contribution in [1.82, 2.24) is 9.88 Å². The van der Waals surface area contributed by atoms with Crippen molar-refractivity contribution < 1.29 is 9.59 Å². The minimum atomic E-state index is -0.161. The van der Waals surface area contributed by atoms with Crippen LogP contribution in [0.15, 0.2) is 53.0 Å². The van der Waals surface area contributed by atoms with Crippen molar-refractivity contribution in [3.63, 3.8) is 0 Å². The van der Waals surface area contributed by atoms with E-state index in [9.17, 15) is 9.59 Å². The Bertz CT molecular complexity index is 1290. The first-order valence-corrected chi connectivity index (χ1v) is 12.2. The molecule has 4 aromatic rings. The Morgan fingerprint density at radius 2 is 1.97 bits per heavy atom. The van der Waals surface area contributed by atoms with Gasteiger partial charge in [-0.1, -0.05) is 34.1 Å². The van der Waals surface area contributed by atoms with Crippen LogP contribution in [0.2, 0.25) is 0 Å². The second-order valence-electron chi connectivity index (χ2n) is 7.35. The summed E-state index contributed by atoms with van der Waals surface area (Å²) in [5, 5.41) is 4.81. The number of aromatic nitrogens is 1. The van der Waals surface area contributed by atoms with Gasteiger partial charge in [-0.15, -0.1) is 22.7 Å². The molecule has 2 amide bonds. The zero-order valence-electron chi connectivity index (χ0n) is 16.6. The molecule has 0 fully saturated rings. The molecule has 1 aliphatic rings. The van der Waals surface area contributed by atoms with Crippen molar-refractivity contribution in [1.29, 1.82) is 0 Å². The number of fused-ring (bicyclic) bond motifs is 2. The molecule has 0 saturated carbocycles. The van der Waals surface area contributed by atoms with Crippen LogP contribution in [0.4, 0.5) is 5.00 Å². The van der Waals surface area contributed by atoms with E-state index in [2.05, 4.69) is 27.3 Å². The summed E-state index contributed by atoms with van der Waals surface area (Å²) < 4.78 is 1.97. The van der Waals surface area contributed by atoms with E-state index in [0.717, 1.165) is 41.6 Å². The number of nitrogens with one attached hydrogen (secondary N) is 1. The quantitative estimate of drug-likeness (QED) is 0.369. The lowest BCUT2D eigenvalue weighted by Gasteiger charge is -2.26. The molecule has 5 rings (SSSR count). The lowest BCUT2D eigenvalue weighted by atomic mass is 10.0. The number of amides is 2. The molecule has 2 aromatic heterocycles. The highest BCUT2D eigenvalue weighted by Gasteiger charge is 2.28. The highest BCUT2D eigenvalue weighted by molar-refractivity contribution is 9.10. The third-order valence-corrected chi connectivity index (χ3v) is 8.00. The molecule has 8 heteroatoms. The number of thiazole rings is 1. The Labute approximate surface area is 195 Å². The van der Waals surface area contributed by atoms with E-state index in [1.807, 2.05) is 35.2 Å². The van der Waals surface area contributed by atoms with E-state index in [0.29, 0.717) is 18.7 Å². The Hall–Kier alpha value is -2.55. The number of rotatable bonds is 3. The van der Waals surface area contributed by atoms with Crippen molar-refractivity contribution in [2.45, 2.75) is 19.9 Å². The zero-order valence-corrected chi connectivity index (χ0v) is 19.9. The fraction of sp³-hybridized carbons (Fsp3) is 0.174. The minimum Gasteiger partial charge on any atom is -0.337 e. The molecular weight excluding hydrogens is 494 g/mol. The van der Waals surface area contributed by atoms with Gasteiger partial charge in [0, 0.05) is 33.9 Å². The number of thiophene rings is 1. The van der Waals surface area contributed by atoms with Crippen molar-refractivity contribution in [3.8, 4) is 10.6 Å². The van der Waals surface area contributed by atoms with Crippen molar-refractivity contribution >= 4 is 65.6 Å². The van der Waals surface area contributed by atoms with Crippen LogP contribution in [0.1, 0.15) is 27.7 Å². The second-order valence-corrected chi connectivity index (χ2v) is 10.4. The van der Waals surface area contributed by atoms with Crippen molar-refractivity contribution in [2.24, 2.45) is 0 Å². The summed E-state index contributed by atoms with van der Waals surface area (Å²) in [5.41, 5.74) is 3.72. The summed E-state index contributed by atoms with van der Waals surface area (Å²) in [6.45, 7) is 2.85. The molecule has 0 unspecified atom stereocenters. The molecular formula is C23H18BrN3O2S2. The molecule has 5 nitrogen and oxygen atoms in total. The van der Waals surface area contributed by atoms with Gasteiger partial charge in [0.1, 0.15) is 10.0 Å². The number of nitrogens with zero attached hydrogens (tertiary/aromatic N) is 2. The van der Waals surface area contributed by atoms with Crippen molar-refractivity contribution in [2.75, 3.05) is 11.9 Å². The van der Waals surface area contributed by atoms with E-state index in [-0.39, 0.29) is 11.8 Å². The highest BCUT2D eigenvalue weighted by Crippen LogP contribution is 2.45. The van der Waals surface area contributed by atoms with Gasteiger partial charge in [0.25, 0.3) is 5.91 Å².